The number of anilines is 1. The lowest BCUT2D eigenvalue weighted by atomic mass is 10.3. The maximum absolute atomic E-state index is 11.9. The van der Waals surface area contributed by atoms with Gasteiger partial charge >= 0.3 is 5.97 Å². The van der Waals surface area contributed by atoms with Crippen molar-refractivity contribution in [1.29, 1.82) is 0 Å². The van der Waals surface area contributed by atoms with E-state index in [4.69, 9.17) is 16.7 Å². The highest BCUT2D eigenvalue weighted by molar-refractivity contribution is 9.10. The number of carboxylic acid groups (broad SMARTS) is 1. The summed E-state index contributed by atoms with van der Waals surface area (Å²) in [5.41, 5.74) is 0.472. The van der Waals surface area contributed by atoms with Crippen LogP contribution in [-0.2, 0) is 0 Å². The Bertz CT molecular complexity index is 656. The first-order valence-electron chi connectivity index (χ1n) is 5.07. The van der Waals surface area contributed by atoms with Gasteiger partial charge in [-0.3, -0.25) is 4.79 Å². The number of thiophene rings is 1. The Morgan fingerprint density at radius 2 is 1.89 bits per heavy atom. The van der Waals surface area contributed by atoms with Crippen LogP contribution in [0.2, 0.25) is 5.02 Å². The molecule has 1 heterocycles. The smallest absolute Gasteiger partial charge is 0.345 e. The minimum atomic E-state index is -1.05. The van der Waals surface area contributed by atoms with Crippen LogP contribution in [0.4, 0.5) is 5.69 Å². The SMILES string of the molecule is O=C(O)c1ccc(C(=O)Nc2ccc(Br)cc2Cl)s1. The molecule has 0 aliphatic rings. The quantitative estimate of drug-likeness (QED) is 0.865. The summed E-state index contributed by atoms with van der Waals surface area (Å²) in [6.07, 6.45) is 0. The molecule has 0 unspecified atom stereocenters. The Hall–Kier alpha value is -1.37. The average Bonchev–Trinajstić information content (AvgIpc) is 2.82. The van der Waals surface area contributed by atoms with Gasteiger partial charge in [0, 0.05) is 4.47 Å². The van der Waals surface area contributed by atoms with E-state index in [0.29, 0.717) is 15.6 Å². The fourth-order valence-electron chi connectivity index (χ4n) is 1.35. The molecule has 0 saturated heterocycles. The molecule has 0 fully saturated rings. The molecule has 0 radical (unpaired) electrons. The maximum atomic E-state index is 11.9. The molecule has 0 saturated carbocycles. The Balaban J connectivity index is 2.18. The van der Waals surface area contributed by atoms with E-state index in [1.54, 1.807) is 18.2 Å². The zero-order valence-corrected chi connectivity index (χ0v) is 12.5. The number of rotatable bonds is 3. The summed E-state index contributed by atoms with van der Waals surface area (Å²) in [6, 6.07) is 7.93. The Morgan fingerprint density at radius 1 is 1.21 bits per heavy atom. The third kappa shape index (κ3) is 3.34. The van der Waals surface area contributed by atoms with Crippen LogP contribution in [0.5, 0.6) is 0 Å². The second-order valence-corrected chi connectivity index (χ2v) is 5.95. The normalized spacial score (nSPS) is 10.2. The molecule has 4 nitrogen and oxygen atoms in total. The number of amides is 1. The standard InChI is InChI=1S/C12H7BrClNO3S/c13-6-1-2-8(7(14)5-6)15-11(16)9-3-4-10(19-9)12(17)18/h1-5H,(H,15,16)(H,17,18). The Morgan fingerprint density at radius 3 is 2.47 bits per heavy atom. The number of carbonyl (C=O) groups is 2. The molecular formula is C12H7BrClNO3S. The summed E-state index contributed by atoms with van der Waals surface area (Å²) in [4.78, 5) is 23.1. The van der Waals surface area contributed by atoms with Gasteiger partial charge in [-0.25, -0.2) is 4.79 Å². The third-order valence-electron chi connectivity index (χ3n) is 2.22. The molecule has 19 heavy (non-hydrogen) atoms. The topological polar surface area (TPSA) is 66.4 Å². The van der Waals surface area contributed by atoms with Crippen molar-refractivity contribution in [2.45, 2.75) is 0 Å². The highest BCUT2D eigenvalue weighted by atomic mass is 79.9. The molecule has 0 aliphatic heterocycles. The lowest BCUT2D eigenvalue weighted by Crippen LogP contribution is -2.10. The predicted molar refractivity (Wildman–Crippen MR) is 78.4 cm³/mol. The van der Waals surface area contributed by atoms with E-state index >= 15 is 0 Å². The number of aromatic carboxylic acids is 1. The van der Waals surface area contributed by atoms with Crippen molar-refractivity contribution >= 4 is 56.4 Å². The molecule has 1 aromatic carbocycles. The first kappa shape index (κ1) is 14.0. The second-order valence-electron chi connectivity index (χ2n) is 3.55. The monoisotopic (exact) mass is 359 g/mol. The van der Waals surface area contributed by atoms with Crippen molar-refractivity contribution in [1.82, 2.24) is 0 Å². The van der Waals surface area contributed by atoms with E-state index in [9.17, 15) is 9.59 Å². The summed E-state index contributed by atoms with van der Waals surface area (Å²) < 4.78 is 0.805. The van der Waals surface area contributed by atoms with Gasteiger partial charge in [-0.15, -0.1) is 11.3 Å². The number of nitrogens with one attached hydrogen (secondary N) is 1. The van der Waals surface area contributed by atoms with Gasteiger partial charge in [-0.2, -0.15) is 0 Å². The van der Waals surface area contributed by atoms with Crippen molar-refractivity contribution in [3.05, 3.63) is 49.6 Å². The largest absolute Gasteiger partial charge is 0.477 e. The van der Waals surface area contributed by atoms with Crippen LogP contribution in [0.15, 0.2) is 34.8 Å². The van der Waals surface area contributed by atoms with Crippen LogP contribution in [0.25, 0.3) is 0 Å². The molecule has 0 aliphatic carbocycles. The van der Waals surface area contributed by atoms with Gasteiger partial charge in [-0.1, -0.05) is 27.5 Å². The average molecular weight is 361 g/mol. The highest BCUT2D eigenvalue weighted by Crippen LogP contribution is 2.27. The van der Waals surface area contributed by atoms with E-state index in [2.05, 4.69) is 21.2 Å². The Kier molecular flexibility index (Phi) is 4.24. The molecule has 1 aromatic heterocycles. The Labute approximate surface area is 126 Å². The molecule has 1 amide bonds. The first-order valence-corrected chi connectivity index (χ1v) is 7.05. The molecular weight excluding hydrogens is 354 g/mol. The lowest BCUT2D eigenvalue weighted by Gasteiger charge is -2.06. The molecule has 2 aromatic rings. The summed E-state index contributed by atoms with van der Waals surface area (Å²) in [7, 11) is 0. The number of hydrogen-bond acceptors (Lipinski definition) is 3. The van der Waals surface area contributed by atoms with Crippen LogP contribution in [0, 0.1) is 0 Å². The molecule has 7 heteroatoms. The fourth-order valence-corrected chi connectivity index (χ4v) is 2.81. The maximum Gasteiger partial charge on any atom is 0.345 e. The van der Waals surface area contributed by atoms with Gasteiger partial charge < -0.3 is 10.4 Å². The van der Waals surface area contributed by atoms with E-state index in [1.165, 1.54) is 12.1 Å². The summed E-state index contributed by atoms with van der Waals surface area (Å²) >= 11 is 10.2. The first-order chi connectivity index (χ1) is 8.97. The number of carbonyl (C=O) groups excluding carboxylic acids is 1. The van der Waals surface area contributed by atoms with E-state index in [-0.39, 0.29) is 10.8 Å². The van der Waals surface area contributed by atoms with Crippen molar-refractivity contribution in [3.63, 3.8) is 0 Å². The molecule has 2 rings (SSSR count). The van der Waals surface area contributed by atoms with Crippen LogP contribution in [0.1, 0.15) is 19.3 Å². The minimum absolute atomic E-state index is 0.118. The second kappa shape index (κ2) is 5.73. The number of carboxylic acids is 1. The summed E-state index contributed by atoms with van der Waals surface area (Å²) in [5, 5.41) is 11.8. The van der Waals surface area contributed by atoms with Crippen LogP contribution < -0.4 is 5.32 Å². The van der Waals surface area contributed by atoms with Gasteiger partial charge in [0.2, 0.25) is 0 Å². The van der Waals surface area contributed by atoms with Gasteiger partial charge in [0.25, 0.3) is 5.91 Å². The summed E-state index contributed by atoms with van der Waals surface area (Å²) in [5.74, 6) is -1.44. The molecule has 2 N–H and O–H groups in total. The van der Waals surface area contributed by atoms with Crippen molar-refractivity contribution in [2.75, 3.05) is 5.32 Å². The zero-order valence-electron chi connectivity index (χ0n) is 9.31. The molecule has 0 spiro atoms. The fraction of sp³-hybridized carbons (Fsp3) is 0. The van der Waals surface area contributed by atoms with Crippen molar-refractivity contribution in [3.8, 4) is 0 Å². The molecule has 0 atom stereocenters. The highest BCUT2D eigenvalue weighted by Gasteiger charge is 2.14. The van der Waals surface area contributed by atoms with E-state index in [1.807, 2.05) is 0 Å². The summed E-state index contributed by atoms with van der Waals surface area (Å²) in [6.45, 7) is 0. The number of benzene rings is 1. The third-order valence-corrected chi connectivity index (χ3v) is 4.10. The van der Waals surface area contributed by atoms with Gasteiger partial charge in [0.05, 0.1) is 15.6 Å². The van der Waals surface area contributed by atoms with E-state index < -0.39 is 5.97 Å². The van der Waals surface area contributed by atoms with Crippen molar-refractivity contribution in [2.24, 2.45) is 0 Å². The van der Waals surface area contributed by atoms with Gasteiger partial charge in [0.1, 0.15) is 4.88 Å². The lowest BCUT2D eigenvalue weighted by molar-refractivity contribution is 0.0702. The molecule has 0 bridgehead atoms. The van der Waals surface area contributed by atoms with Crippen LogP contribution in [0.3, 0.4) is 0 Å². The number of hydrogen-bond donors (Lipinski definition) is 2. The van der Waals surface area contributed by atoms with Crippen LogP contribution in [-0.4, -0.2) is 17.0 Å². The zero-order chi connectivity index (χ0) is 14.0. The molecule has 98 valence electrons. The van der Waals surface area contributed by atoms with Gasteiger partial charge in [-0.05, 0) is 30.3 Å². The van der Waals surface area contributed by atoms with Gasteiger partial charge in [0.15, 0.2) is 0 Å². The van der Waals surface area contributed by atoms with Crippen molar-refractivity contribution < 1.29 is 14.7 Å². The predicted octanol–water partition coefficient (Wildman–Crippen LogP) is 4.11. The van der Waals surface area contributed by atoms with Crippen LogP contribution >= 0.6 is 38.9 Å². The number of halogens is 2. The van der Waals surface area contributed by atoms with E-state index in [0.717, 1.165) is 15.8 Å². The minimum Gasteiger partial charge on any atom is -0.477 e.